The van der Waals surface area contributed by atoms with Crippen LogP contribution in [0.1, 0.15) is 50.3 Å². The number of carbonyl (C=O) groups is 1. The lowest BCUT2D eigenvalue weighted by molar-refractivity contribution is -0.124. The Morgan fingerprint density at radius 1 is 1.36 bits per heavy atom. The second-order valence-electron chi connectivity index (χ2n) is 6.61. The van der Waals surface area contributed by atoms with Gasteiger partial charge in [-0.05, 0) is 30.9 Å². The van der Waals surface area contributed by atoms with Gasteiger partial charge in [0.2, 0.25) is 5.91 Å². The zero-order valence-electron chi connectivity index (χ0n) is 13.2. The van der Waals surface area contributed by atoms with Crippen molar-refractivity contribution in [2.24, 2.45) is 5.92 Å². The number of nitrogens with one attached hydrogen (secondary N) is 1. The van der Waals surface area contributed by atoms with Gasteiger partial charge in [0, 0.05) is 24.8 Å². The monoisotopic (exact) mass is 298 g/mol. The van der Waals surface area contributed by atoms with Crippen LogP contribution in [0.4, 0.5) is 5.82 Å². The highest BCUT2D eigenvalue weighted by Crippen LogP contribution is 2.28. The Balaban J connectivity index is 1.98. The molecule has 2 aliphatic rings. The Morgan fingerprint density at radius 3 is 2.91 bits per heavy atom. The maximum absolute atomic E-state index is 12.2. The number of hydrogen-bond acceptors (Lipinski definition) is 4. The molecule has 0 saturated carbocycles. The lowest BCUT2D eigenvalue weighted by Gasteiger charge is -2.29. The predicted octanol–water partition coefficient (Wildman–Crippen LogP) is 2.18. The minimum atomic E-state index is 0.00329. The van der Waals surface area contributed by atoms with Crippen LogP contribution in [0.15, 0.2) is 12.1 Å². The quantitative estimate of drug-likeness (QED) is 0.908. The third-order valence-corrected chi connectivity index (χ3v) is 4.61. The summed E-state index contributed by atoms with van der Waals surface area (Å²) in [5, 5.41) is 12.5. The summed E-state index contributed by atoms with van der Waals surface area (Å²) >= 11 is 0. The average molecular weight is 298 g/mol. The van der Waals surface area contributed by atoms with E-state index in [0.29, 0.717) is 18.0 Å². The van der Waals surface area contributed by atoms with Gasteiger partial charge in [-0.1, -0.05) is 20.3 Å². The molecule has 1 aromatic rings. The maximum Gasteiger partial charge on any atom is 0.225 e. The van der Waals surface area contributed by atoms with Gasteiger partial charge in [0.15, 0.2) is 0 Å². The van der Waals surface area contributed by atoms with Crippen molar-refractivity contribution in [3.63, 3.8) is 0 Å². The number of amides is 1. The van der Waals surface area contributed by atoms with E-state index in [1.165, 1.54) is 0 Å². The zero-order valence-corrected chi connectivity index (χ0v) is 13.2. The predicted molar refractivity (Wildman–Crippen MR) is 84.5 cm³/mol. The topological polar surface area (TPSA) is 69.0 Å². The van der Waals surface area contributed by atoms with Gasteiger partial charge in [-0.2, -0.15) is 5.26 Å². The Labute approximate surface area is 131 Å². The van der Waals surface area contributed by atoms with Gasteiger partial charge < -0.3 is 10.2 Å². The Bertz CT molecular complexity index is 620. The molecule has 22 heavy (non-hydrogen) atoms. The lowest BCUT2D eigenvalue weighted by Crippen LogP contribution is -2.39. The van der Waals surface area contributed by atoms with Gasteiger partial charge in [0.05, 0.1) is 11.5 Å². The smallest absolute Gasteiger partial charge is 0.225 e. The van der Waals surface area contributed by atoms with Crippen molar-refractivity contribution >= 4 is 11.7 Å². The van der Waals surface area contributed by atoms with E-state index in [4.69, 9.17) is 4.98 Å². The molecule has 2 aliphatic heterocycles. The molecule has 0 aromatic carbocycles. The number of anilines is 1. The van der Waals surface area contributed by atoms with Crippen LogP contribution in [0, 0.1) is 17.2 Å². The Hall–Kier alpha value is -2.09. The van der Waals surface area contributed by atoms with Gasteiger partial charge >= 0.3 is 0 Å². The number of carbonyl (C=O) groups excluding carboxylic acids is 1. The largest absolute Gasteiger partial charge is 0.353 e. The van der Waals surface area contributed by atoms with Crippen molar-refractivity contribution in [2.45, 2.75) is 45.1 Å². The summed E-state index contributed by atoms with van der Waals surface area (Å²) in [5.74, 6) is 1.21. The number of hydrogen-bond donors (Lipinski definition) is 1. The van der Waals surface area contributed by atoms with Gasteiger partial charge in [-0.15, -0.1) is 0 Å². The summed E-state index contributed by atoms with van der Waals surface area (Å²) in [6, 6.07) is 6.19. The Morgan fingerprint density at radius 2 is 2.18 bits per heavy atom. The summed E-state index contributed by atoms with van der Waals surface area (Å²) < 4.78 is 0. The van der Waals surface area contributed by atoms with Crippen LogP contribution in [0.2, 0.25) is 0 Å². The molecule has 116 valence electrons. The Kier molecular flexibility index (Phi) is 4.02. The molecule has 2 saturated heterocycles. The second kappa shape index (κ2) is 5.96. The van der Waals surface area contributed by atoms with E-state index >= 15 is 0 Å². The number of pyridine rings is 1. The van der Waals surface area contributed by atoms with Gasteiger partial charge in [0.25, 0.3) is 0 Å². The fourth-order valence-corrected chi connectivity index (χ4v) is 3.34. The molecule has 1 amide bonds. The number of rotatable bonds is 2. The first-order chi connectivity index (χ1) is 10.6. The molecule has 1 N–H and O–H groups in total. The first kappa shape index (κ1) is 14.8. The summed E-state index contributed by atoms with van der Waals surface area (Å²) in [7, 11) is 0. The highest BCUT2D eigenvalue weighted by molar-refractivity contribution is 5.80. The van der Waals surface area contributed by atoms with Crippen molar-refractivity contribution in [3.8, 4) is 6.07 Å². The number of aromatic nitrogens is 1. The van der Waals surface area contributed by atoms with E-state index in [-0.39, 0.29) is 17.9 Å². The summed E-state index contributed by atoms with van der Waals surface area (Å²) in [5.41, 5.74) is 1.58. The van der Waals surface area contributed by atoms with Gasteiger partial charge in [0.1, 0.15) is 11.9 Å². The van der Waals surface area contributed by atoms with Crippen molar-refractivity contribution in [1.29, 1.82) is 5.26 Å². The fourth-order valence-electron chi connectivity index (χ4n) is 3.34. The van der Waals surface area contributed by atoms with Crippen molar-refractivity contribution in [1.82, 2.24) is 10.3 Å². The van der Waals surface area contributed by atoms with E-state index in [0.717, 1.165) is 37.3 Å². The highest BCUT2D eigenvalue weighted by Gasteiger charge is 2.33. The van der Waals surface area contributed by atoms with Crippen LogP contribution in [0.25, 0.3) is 0 Å². The molecular formula is C17H22N4O. The first-order valence-corrected chi connectivity index (χ1v) is 8.05. The maximum atomic E-state index is 12.2. The lowest BCUT2D eigenvalue weighted by atomic mass is 9.99. The molecule has 3 heterocycles. The molecule has 3 rings (SSSR count). The standard InChI is InChI=1S/C17H22N4O/c1-11(2)15-7-6-12(8-18)16(20-15)21-9-13-4-3-5-14(10-21)19-17(13)22/h6-7,11,13-14H,3-5,9-10H2,1-2H3,(H,19,22)/t13-,14+/m1/s1. The van der Waals surface area contributed by atoms with Crippen LogP contribution in [-0.4, -0.2) is 30.0 Å². The van der Waals surface area contributed by atoms with E-state index in [9.17, 15) is 10.1 Å². The third kappa shape index (κ3) is 2.78. The molecule has 1 aromatic heterocycles. The van der Waals surface area contributed by atoms with E-state index in [1.807, 2.05) is 12.1 Å². The van der Waals surface area contributed by atoms with Gasteiger partial charge in [-0.3, -0.25) is 4.79 Å². The normalized spacial score (nSPS) is 24.6. The molecule has 5 heteroatoms. The third-order valence-electron chi connectivity index (χ3n) is 4.61. The van der Waals surface area contributed by atoms with Crippen molar-refractivity contribution in [3.05, 3.63) is 23.4 Å². The van der Waals surface area contributed by atoms with Crippen LogP contribution in [0.5, 0.6) is 0 Å². The molecule has 0 unspecified atom stereocenters. The van der Waals surface area contributed by atoms with Crippen molar-refractivity contribution < 1.29 is 4.79 Å². The first-order valence-electron chi connectivity index (χ1n) is 8.05. The minimum Gasteiger partial charge on any atom is -0.353 e. The number of fused-ring (bicyclic) bond motifs is 3. The average Bonchev–Trinajstić information content (AvgIpc) is 2.74. The van der Waals surface area contributed by atoms with E-state index in [2.05, 4.69) is 30.1 Å². The number of nitriles is 1. The van der Waals surface area contributed by atoms with Crippen LogP contribution < -0.4 is 10.2 Å². The molecule has 0 radical (unpaired) electrons. The minimum absolute atomic E-state index is 0.00329. The highest BCUT2D eigenvalue weighted by atomic mass is 16.2. The van der Waals surface area contributed by atoms with E-state index in [1.54, 1.807) is 0 Å². The molecule has 2 atom stereocenters. The molecule has 2 fully saturated rings. The zero-order chi connectivity index (χ0) is 15.7. The molecule has 0 spiro atoms. The molecule has 0 aliphatic carbocycles. The van der Waals surface area contributed by atoms with Crippen LogP contribution in [0.3, 0.4) is 0 Å². The van der Waals surface area contributed by atoms with Gasteiger partial charge in [-0.25, -0.2) is 4.98 Å². The summed E-state index contributed by atoms with van der Waals surface area (Å²) in [4.78, 5) is 19.0. The number of nitrogens with zero attached hydrogens (tertiary/aromatic N) is 3. The van der Waals surface area contributed by atoms with E-state index < -0.39 is 0 Å². The summed E-state index contributed by atoms with van der Waals surface area (Å²) in [6.45, 7) is 5.60. The molecule has 2 bridgehead atoms. The SMILES string of the molecule is CC(C)c1ccc(C#N)c(N2C[C@@H]3CCC[C@H](C2)C(=O)N3)n1. The fraction of sp³-hybridized carbons (Fsp3) is 0.588. The summed E-state index contributed by atoms with van der Waals surface area (Å²) in [6.07, 6.45) is 3.02. The molecule has 5 nitrogen and oxygen atoms in total. The second-order valence-corrected chi connectivity index (χ2v) is 6.61. The van der Waals surface area contributed by atoms with Crippen molar-refractivity contribution in [2.75, 3.05) is 18.0 Å². The van der Waals surface area contributed by atoms with Crippen LogP contribution >= 0.6 is 0 Å². The molecular weight excluding hydrogens is 276 g/mol. The van der Waals surface area contributed by atoms with Crippen LogP contribution in [-0.2, 0) is 4.79 Å².